The van der Waals surface area contributed by atoms with Gasteiger partial charge in [-0.2, -0.15) is 0 Å². The van der Waals surface area contributed by atoms with Crippen LogP contribution in [0.25, 0.3) is 0 Å². The third-order valence-corrected chi connectivity index (χ3v) is 6.34. The molecule has 8 heteroatoms. The van der Waals surface area contributed by atoms with Crippen LogP contribution >= 0.6 is 0 Å². The Labute approximate surface area is 153 Å². The molecule has 1 aromatic carbocycles. The molecule has 0 bridgehead atoms. The Morgan fingerprint density at radius 1 is 1.27 bits per heavy atom. The molecular weight excluding hydrogens is 352 g/mol. The number of sulfone groups is 1. The number of aromatic nitrogens is 2. The van der Waals surface area contributed by atoms with Crippen molar-refractivity contribution < 1.29 is 13.2 Å². The summed E-state index contributed by atoms with van der Waals surface area (Å²) in [4.78, 5) is 22.8. The predicted octanol–water partition coefficient (Wildman–Crippen LogP) is 1.59. The highest BCUT2D eigenvalue weighted by Gasteiger charge is 2.32. The third kappa shape index (κ3) is 4.19. The Morgan fingerprint density at radius 3 is 2.65 bits per heavy atom. The molecule has 2 aromatic rings. The maximum Gasteiger partial charge on any atom is 0.270 e. The molecule has 0 saturated carbocycles. The first-order valence-corrected chi connectivity index (χ1v) is 10.3. The summed E-state index contributed by atoms with van der Waals surface area (Å²) in [6.07, 6.45) is 2.06. The topological polar surface area (TPSA) is 92.3 Å². The lowest BCUT2D eigenvalue weighted by molar-refractivity contribution is 0.0934. The van der Waals surface area contributed by atoms with E-state index in [-0.39, 0.29) is 35.2 Å². The van der Waals surface area contributed by atoms with Crippen molar-refractivity contribution in [3.8, 4) is 0 Å². The van der Waals surface area contributed by atoms with Crippen LogP contribution < -0.4 is 10.2 Å². The Hall–Kier alpha value is -2.48. The van der Waals surface area contributed by atoms with Crippen molar-refractivity contribution in [1.82, 2.24) is 15.3 Å². The minimum Gasteiger partial charge on any atom is -0.344 e. The van der Waals surface area contributed by atoms with E-state index in [2.05, 4.69) is 15.3 Å². The number of carbonyl (C=O) groups is 1. The van der Waals surface area contributed by atoms with Gasteiger partial charge in [0.05, 0.1) is 17.5 Å². The fraction of sp³-hybridized carbons (Fsp3) is 0.389. The second kappa shape index (κ2) is 7.41. The first-order valence-electron chi connectivity index (χ1n) is 8.48. The smallest absolute Gasteiger partial charge is 0.270 e. The van der Waals surface area contributed by atoms with E-state index >= 15 is 0 Å². The quantitative estimate of drug-likeness (QED) is 0.854. The molecule has 138 valence electrons. The number of benzene rings is 1. The summed E-state index contributed by atoms with van der Waals surface area (Å²) in [5.41, 5.74) is 1.26. The number of hydrogen-bond acceptors (Lipinski definition) is 6. The average Bonchev–Trinajstić information content (AvgIpc) is 3.01. The Bertz CT molecular complexity index is 886. The lowest BCUT2D eigenvalue weighted by Crippen LogP contribution is -2.34. The van der Waals surface area contributed by atoms with E-state index in [0.29, 0.717) is 12.4 Å². The van der Waals surface area contributed by atoms with Crippen molar-refractivity contribution in [3.63, 3.8) is 0 Å². The minimum absolute atomic E-state index is 0.0916. The highest BCUT2D eigenvalue weighted by atomic mass is 32.2. The number of hydrogen-bond donors (Lipinski definition) is 1. The summed E-state index contributed by atoms with van der Waals surface area (Å²) in [6, 6.07) is 10.9. The maximum atomic E-state index is 12.5. The molecule has 0 spiro atoms. The van der Waals surface area contributed by atoms with Gasteiger partial charge in [0, 0.05) is 19.3 Å². The van der Waals surface area contributed by atoms with Crippen LogP contribution in [0.5, 0.6) is 0 Å². The molecule has 1 aliphatic rings. The van der Waals surface area contributed by atoms with Crippen LogP contribution in [0.3, 0.4) is 0 Å². The highest BCUT2D eigenvalue weighted by Crippen LogP contribution is 2.20. The zero-order valence-corrected chi connectivity index (χ0v) is 15.6. The Morgan fingerprint density at radius 2 is 2.00 bits per heavy atom. The monoisotopic (exact) mass is 374 g/mol. The second-order valence-corrected chi connectivity index (χ2v) is 8.74. The number of anilines is 1. The van der Waals surface area contributed by atoms with Crippen molar-refractivity contribution in [3.05, 3.63) is 53.9 Å². The summed E-state index contributed by atoms with van der Waals surface area (Å²) >= 11 is 0. The van der Waals surface area contributed by atoms with Crippen molar-refractivity contribution in [1.29, 1.82) is 0 Å². The van der Waals surface area contributed by atoms with Crippen molar-refractivity contribution in [2.75, 3.05) is 23.5 Å². The van der Waals surface area contributed by atoms with Crippen LogP contribution in [0.4, 0.5) is 5.95 Å². The molecule has 1 N–H and O–H groups in total. The molecule has 7 nitrogen and oxygen atoms in total. The second-order valence-electron chi connectivity index (χ2n) is 6.52. The first-order chi connectivity index (χ1) is 12.4. The molecule has 0 radical (unpaired) electrons. The van der Waals surface area contributed by atoms with E-state index in [9.17, 15) is 13.2 Å². The number of nitrogens with one attached hydrogen (secondary N) is 1. The molecule has 2 heterocycles. The standard InChI is InChI=1S/C18H22N4O3S/c1-13(14-6-4-3-5-7-14)20-17(23)16-8-10-19-18(21-16)22(2)15-9-11-26(24,25)12-15/h3-8,10,13,15H,9,11-12H2,1-2H3,(H,20,23). The van der Waals surface area contributed by atoms with Gasteiger partial charge in [-0.25, -0.2) is 18.4 Å². The summed E-state index contributed by atoms with van der Waals surface area (Å²) < 4.78 is 23.4. The van der Waals surface area contributed by atoms with Crippen LogP contribution in [0, 0.1) is 0 Å². The molecule has 1 aromatic heterocycles. The zero-order chi connectivity index (χ0) is 18.7. The molecule has 3 rings (SSSR count). The zero-order valence-electron chi connectivity index (χ0n) is 14.8. The number of rotatable bonds is 5. The summed E-state index contributed by atoms with van der Waals surface area (Å²) in [5, 5.41) is 2.92. The molecule has 26 heavy (non-hydrogen) atoms. The number of carbonyl (C=O) groups excluding carboxylic acids is 1. The third-order valence-electron chi connectivity index (χ3n) is 4.59. The molecule has 2 atom stereocenters. The summed E-state index contributed by atoms with van der Waals surface area (Å²) in [5.74, 6) is 0.329. The molecule has 1 amide bonds. The summed E-state index contributed by atoms with van der Waals surface area (Å²) in [7, 11) is -1.24. The van der Waals surface area contributed by atoms with Gasteiger partial charge in [-0.3, -0.25) is 4.79 Å². The van der Waals surface area contributed by atoms with E-state index in [1.54, 1.807) is 18.0 Å². The van der Waals surface area contributed by atoms with E-state index in [4.69, 9.17) is 0 Å². The van der Waals surface area contributed by atoms with E-state index in [1.807, 2.05) is 37.3 Å². The van der Waals surface area contributed by atoms with Gasteiger partial charge in [-0.05, 0) is 25.0 Å². The molecule has 1 aliphatic heterocycles. The van der Waals surface area contributed by atoms with Crippen LogP contribution in [-0.2, 0) is 9.84 Å². The van der Waals surface area contributed by atoms with E-state index < -0.39 is 9.84 Å². The largest absolute Gasteiger partial charge is 0.344 e. The Balaban J connectivity index is 1.71. The average molecular weight is 374 g/mol. The van der Waals surface area contributed by atoms with Crippen molar-refractivity contribution in [2.45, 2.75) is 25.4 Å². The van der Waals surface area contributed by atoms with Gasteiger partial charge in [0.25, 0.3) is 5.91 Å². The number of nitrogens with zero attached hydrogens (tertiary/aromatic N) is 3. The van der Waals surface area contributed by atoms with E-state index in [1.165, 1.54) is 6.20 Å². The normalized spacial score (nSPS) is 19.7. The van der Waals surface area contributed by atoms with Crippen molar-refractivity contribution in [2.24, 2.45) is 0 Å². The fourth-order valence-corrected chi connectivity index (χ4v) is 4.76. The SMILES string of the molecule is CC(NC(=O)c1ccnc(N(C)C2CCS(=O)(=O)C2)n1)c1ccccc1. The van der Waals surface area contributed by atoms with Crippen LogP contribution in [0.2, 0.25) is 0 Å². The van der Waals surface area contributed by atoms with Crippen molar-refractivity contribution >= 4 is 21.7 Å². The van der Waals surface area contributed by atoms with Gasteiger partial charge in [0.1, 0.15) is 5.69 Å². The van der Waals surface area contributed by atoms with Gasteiger partial charge in [-0.15, -0.1) is 0 Å². The maximum absolute atomic E-state index is 12.5. The molecule has 2 unspecified atom stereocenters. The summed E-state index contributed by atoms with van der Waals surface area (Å²) in [6.45, 7) is 1.91. The predicted molar refractivity (Wildman–Crippen MR) is 99.8 cm³/mol. The highest BCUT2D eigenvalue weighted by molar-refractivity contribution is 7.91. The van der Waals surface area contributed by atoms with Gasteiger partial charge >= 0.3 is 0 Å². The van der Waals surface area contributed by atoms with Gasteiger partial charge in [-0.1, -0.05) is 30.3 Å². The van der Waals surface area contributed by atoms with Gasteiger partial charge in [0.2, 0.25) is 5.95 Å². The van der Waals surface area contributed by atoms with Crippen LogP contribution in [0.15, 0.2) is 42.6 Å². The lowest BCUT2D eigenvalue weighted by atomic mass is 10.1. The van der Waals surface area contributed by atoms with Crippen LogP contribution in [-0.4, -0.2) is 48.9 Å². The fourth-order valence-electron chi connectivity index (χ4n) is 2.98. The molecule has 0 aliphatic carbocycles. The lowest BCUT2D eigenvalue weighted by Gasteiger charge is -2.23. The molecule has 1 fully saturated rings. The Kier molecular flexibility index (Phi) is 5.22. The number of amides is 1. The van der Waals surface area contributed by atoms with E-state index in [0.717, 1.165) is 5.56 Å². The van der Waals surface area contributed by atoms with Gasteiger partial charge in [0.15, 0.2) is 9.84 Å². The minimum atomic E-state index is -3.00. The first kappa shape index (κ1) is 18.3. The molecular formula is C18H22N4O3S. The molecule has 1 saturated heterocycles. The van der Waals surface area contributed by atoms with Gasteiger partial charge < -0.3 is 10.2 Å². The van der Waals surface area contributed by atoms with Crippen LogP contribution in [0.1, 0.15) is 35.4 Å².